The van der Waals surface area contributed by atoms with Gasteiger partial charge in [0.15, 0.2) is 0 Å². The van der Waals surface area contributed by atoms with Crippen LogP contribution in [0, 0.1) is 0 Å². The van der Waals surface area contributed by atoms with Crippen molar-refractivity contribution in [3.05, 3.63) is 28.8 Å². The summed E-state index contributed by atoms with van der Waals surface area (Å²) in [6.45, 7) is 0.919. The van der Waals surface area contributed by atoms with Gasteiger partial charge >= 0.3 is 0 Å². The van der Waals surface area contributed by atoms with Crippen molar-refractivity contribution in [1.82, 2.24) is 14.9 Å². The van der Waals surface area contributed by atoms with Crippen LogP contribution in [0.3, 0.4) is 0 Å². The van der Waals surface area contributed by atoms with E-state index in [1.165, 1.54) is 23.4 Å². The van der Waals surface area contributed by atoms with Crippen LogP contribution in [0.2, 0.25) is 0 Å². The zero-order valence-corrected chi connectivity index (χ0v) is 10.1. The molecule has 0 bridgehead atoms. The number of aryl methyl sites for hydroxylation is 1. The van der Waals surface area contributed by atoms with E-state index in [0.717, 1.165) is 18.3 Å². The molecule has 0 saturated heterocycles. The van der Waals surface area contributed by atoms with E-state index in [2.05, 4.69) is 38.7 Å². The van der Waals surface area contributed by atoms with E-state index in [0.29, 0.717) is 0 Å². The summed E-state index contributed by atoms with van der Waals surface area (Å²) >= 11 is 1.74. The van der Waals surface area contributed by atoms with E-state index in [1.54, 1.807) is 11.3 Å². The second-order valence-electron chi connectivity index (χ2n) is 4.35. The van der Waals surface area contributed by atoms with Gasteiger partial charge in [0.05, 0.1) is 5.69 Å². The van der Waals surface area contributed by atoms with Crippen LogP contribution >= 0.6 is 11.3 Å². The normalized spacial score (nSPS) is 15.6. The summed E-state index contributed by atoms with van der Waals surface area (Å²) in [6, 6.07) is 2.86. The van der Waals surface area contributed by atoms with E-state index in [9.17, 15) is 0 Å². The largest absolute Gasteiger partial charge is 0.357 e. The summed E-state index contributed by atoms with van der Waals surface area (Å²) in [5.41, 5.74) is 2.30. The average molecular weight is 233 g/mol. The van der Waals surface area contributed by atoms with Gasteiger partial charge in [0.1, 0.15) is 5.01 Å². The molecule has 1 fully saturated rings. The number of thiazole rings is 1. The Morgan fingerprint density at radius 2 is 2.44 bits per heavy atom. The summed E-state index contributed by atoms with van der Waals surface area (Å²) in [7, 11) is 2.03. The molecule has 1 saturated carbocycles. The SMILES string of the molecule is Cn1ccc(-c2csc(CNC3CC3)n2)c1. The van der Waals surface area contributed by atoms with Crippen LogP contribution in [0.4, 0.5) is 0 Å². The molecule has 84 valence electrons. The molecule has 0 atom stereocenters. The molecule has 0 spiro atoms. The first-order valence-electron chi connectivity index (χ1n) is 5.61. The average Bonchev–Trinajstić information content (AvgIpc) is 2.81. The van der Waals surface area contributed by atoms with E-state index in [4.69, 9.17) is 0 Å². The highest BCUT2D eigenvalue weighted by Gasteiger charge is 2.20. The van der Waals surface area contributed by atoms with Crippen molar-refractivity contribution in [1.29, 1.82) is 0 Å². The molecule has 0 unspecified atom stereocenters. The molecule has 2 aromatic rings. The Balaban J connectivity index is 1.71. The number of nitrogens with zero attached hydrogens (tertiary/aromatic N) is 2. The highest BCUT2D eigenvalue weighted by molar-refractivity contribution is 7.09. The summed E-state index contributed by atoms with van der Waals surface area (Å²) in [5.74, 6) is 0. The molecule has 1 N–H and O–H groups in total. The number of nitrogens with one attached hydrogen (secondary N) is 1. The topological polar surface area (TPSA) is 29.9 Å². The summed E-state index contributed by atoms with van der Waals surface area (Å²) in [4.78, 5) is 4.64. The van der Waals surface area contributed by atoms with Crippen molar-refractivity contribution in [3.8, 4) is 11.3 Å². The number of aromatic nitrogens is 2. The molecule has 0 aliphatic heterocycles. The molecule has 2 heterocycles. The third-order valence-corrected chi connectivity index (χ3v) is 3.65. The van der Waals surface area contributed by atoms with Crippen molar-refractivity contribution in [2.45, 2.75) is 25.4 Å². The quantitative estimate of drug-likeness (QED) is 0.879. The third-order valence-electron chi connectivity index (χ3n) is 2.80. The van der Waals surface area contributed by atoms with Gasteiger partial charge in [0.2, 0.25) is 0 Å². The van der Waals surface area contributed by atoms with Crippen LogP contribution in [0.5, 0.6) is 0 Å². The number of hydrogen-bond donors (Lipinski definition) is 1. The van der Waals surface area contributed by atoms with Gasteiger partial charge in [-0.3, -0.25) is 0 Å². The third kappa shape index (κ3) is 2.18. The zero-order chi connectivity index (χ0) is 11.0. The highest BCUT2D eigenvalue weighted by Crippen LogP contribution is 2.23. The maximum absolute atomic E-state index is 4.64. The van der Waals surface area contributed by atoms with Gasteiger partial charge in [-0.1, -0.05) is 0 Å². The van der Waals surface area contributed by atoms with E-state index >= 15 is 0 Å². The van der Waals surface area contributed by atoms with E-state index in [-0.39, 0.29) is 0 Å². The number of rotatable bonds is 4. The minimum atomic E-state index is 0.754. The van der Waals surface area contributed by atoms with Crippen LogP contribution < -0.4 is 5.32 Å². The molecule has 0 radical (unpaired) electrons. The Labute approximate surface area is 99.1 Å². The Hall–Kier alpha value is -1.13. The Morgan fingerprint density at radius 1 is 1.56 bits per heavy atom. The molecule has 1 aliphatic carbocycles. The first-order valence-corrected chi connectivity index (χ1v) is 6.49. The smallest absolute Gasteiger partial charge is 0.107 e. The lowest BCUT2D eigenvalue weighted by atomic mass is 10.3. The maximum Gasteiger partial charge on any atom is 0.107 e. The lowest BCUT2D eigenvalue weighted by molar-refractivity contribution is 0.685. The molecule has 2 aromatic heterocycles. The second kappa shape index (κ2) is 4.03. The maximum atomic E-state index is 4.64. The summed E-state index contributed by atoms with van der Waals surface area (Å²) < 4.78 is 2.05. The molecule has 1 aliphatic rings. The lowest BCUT2D eigenvalue weighted by Crippen LogP contribution is -2.14. The fourth-order valence-electron chi connectivity index (χ4n) is 1.70. The summed E-state index contributed by atoms with van der Waals surface area (Å²) in [6.07, 6.45) is 6.82. The van der Waals surface area contributed by atoms with Crippen molar-refractivity contribution in [2.75, 3.05) is 0 Å². The van der Waals surface area contributed by atoms with Gasteiger partial charge in [-0.2, -0.15) is 0 Å². The minimum absolute atomic E-state index is 0.754. The van der Waals surface area contributed by atoms with Crippen molar-refractivity contribution in [3.63, 3.8) is 0 Å². The van der Waals surface area contributed by atoms with Gasteiger partial charge in [-0.25, -0.2) is 4.98 Å². The molecule has 0 amide bonds. The van der Waals surface area contributed by atoms with Crippen LogP contribution in [0.15, 0.2) is 23.8 Å². The van der Waals surface area contributed by atoms with Gasteiger partial charge < -0.3 is 9.88 Å². The first-order chi connectivity index (χ1) is 7.81. The molecule has 0 aromatic carbocycles. The standard InChI is InChI=1S/C12H15N3S/c1-15-5-4-9(7-15)11-8-16-12(14-11)6-13-10-2-3-10/h4-5,7-8,10,13H,2-3,6H2,1H3. The monoisotopic (exact) mass is 233 g/mol. The first kappa shape index (κ1) is 10.1. The van der Waals surface area contributed by atoms with E-state index < -0.39 is 0 Å². The molecular formula is C12H15N3S. The lowest BCUT2D eigenvalue weighted by Gasteiger charge is -1.96. The van der Waals surface area contributed by atoms with Crippen LogP contribution in [0.25, 0.3) is 11.3 Å². The van der Waals surface area contributed by atoms with Crippen LogP contribution in [0.1, 0.15) is 17.8 Å². The Bertz CT molecular complexity index is 482. The fourth-order valence-corrected chi connectivity index (χ4v) is 2.45. The molecule has 3 nitrogen and oxygen atoms in total. The van der Waals surface area contributed by atoms with Crippen LogP contribution in [-0.4, -0.2) is 15.6 Å². The van der Waals surface area contributed by atoms with Crippen molar-refractivity contribution >= 4 is 11.3 Å². The minimum Gasteiger partial charge on any atom is -0.357 e. The predicted octanol–water partition coefficient (Wildman–Crippen LogP) is 2.40. The fraction of sp³-hybridized carbons (Fsp3) is 0.417. The molecular weight excluding hydrogens is 218 g/mol. The Kier molecular flexibility index (Phi) is 2.53. The van der Waals surface area contributed by atoms with Crippen LogP contribution in [-0.2, 0) is 13.6 Å². The number of hydrogen-bond acceptors (Lipinski definition) is 3. The molecule has 3 rings (SSSR count). The van der Waals surface area contributed by atoms with Crippen molar-refractivity contribution < 1.29 is 0 Å². The summed E-state index contributed by atoms with van der Waals surface area (Å²) in [5, 5.41) is 6.81. The van der Waals surface area contributed by atoms with Gasteiger partial charge in [0.25, 0.3) is 0 Å². The Morgan fingerprint density at radius 3 is 3.12 bits per heavy atom. The predicted molar refractivity (Wildman–Crippen MR) is 66.4 cm³/mol. The molecule has 16 heavy (non-hydrogen) atoms. The molecule has 4 heteroatoms. The van der Waals surface area contributed by atoms with Crippen molar-refractivity contribution in [2.24, 2.45) is 7.05 Å². The van der Waals surface area contributed by atoms with E-state index in [1.807, 2.05) is 7.05 Å². The van der Waals surface area contributed by atoms with Gasteiger partial charge in [-0.15, -0.1) is 11.3 Å². The zero-order valence-electron chi connectivity index (χ0n) is 9.31. The van der Waals surface area contributed by atoms with Gasteiger partial charge in [0, 0.05) is 43.0 Å². The van der Waals surface area contributed by atoms with Gasteiger partial charge in [-0.05, 0) is 18.9 Å². The second-order valence-corrected chi connectivity index (χ2v) is 5.29. The highest BCUT2D eigenvalue weighted by atomic mass is 32.1.